The van der Waals surface area contributed by atoms with Crippen LogP contribution in [0.15, 0.2) is 0 Å². The Morgan fingerprint density at radius 2 is 1.86 bits per heavy atom. The average Bonchev–Trinajstić information content (AvgIpc) is 2.41. The molecule has 0 saturated carbocycles. The molecule has 1 fully saturated rings. The molecular weight excluding hydrogens is 268 g/mol. The maximum absolute atomic E-state index is 12.5. The molecule has 2 amide bonds. The van der Waals surface area contributed by atoms with Crippen molar-refractivity contribution in [1.29, 1.82) is 0 Å². The maximum atomic E-state index is 12.5. The van der Waals surface area contributed by atoms with Gasteiger partial charge in [0.15, 0.2) is 0 Å². The van der Waals surface area contributed by atoms with Crippen LogP contribution in [-0.4, -0.2) is 48.6 Å². The number of carbonyl (C=O) groups is 2. The zero-order valence-electron chi connectivity index (χ0n) is 14.0. The van der Waals surface area contributed by atoms with Crippen LogP contribution in [0.3, 0.4) is 0 Å². The molecule has 0 bridgehead atoms. The predicted octanol–water partition coefficient (Wildman–Crippen LogP) is 1.81. The molecule has 2 atom stereocenters. The second kappa shape index (κ2) is 8.37. The Balaban J connectivity index is 2.57. The number of rotatable bonds is 8. The number of nitrogens with one attached hydrogen (secondary N) is 1. The Labute approximate surface area is 128 Å². The van der Waals surface area contributed by atoms with Gasteiger partial charge in [-0.3, -0.25) is 9.59 Å². The van der Waals surface area contributed by atoms with Crippen LogP contribution in [0, 0.1) is 11.8 Å². The molecule has 1 rings (SSSR count). The second-order valence-corrected chi connectivity index (χ2v) is 6.48. The molecule has 0 aromatic heterocycles. The largest absolute Gasteiger partial charge is 0.380 e. The third kappa shape index (κ3) is 4.99. The SMILES string of the molecule is CCC1C(=O)NC(C(C)C)C(=O)N1CCOCCC(C)C. The van der Waals surface area contributed by atoms with Gasteiger partial charge < -0.3 is 15.0 Å². The van der Waals surface area contributed by atoms with E-state index in [0.717, 1.165) is 6.42 Å². The van der Waals surface area contributed by atoms with Gasteiger partial charge in [-0.25, -0.2) is 0 Å². The summed E-state index contributed by atoms with van der Waals surface area (Å²) in [6, 6.07) is -0.767. The summed E-state index contributed by atoms with van der Waals surface area (Å²) < 4.78 is 5.59. The molecule has 5 nitrogen and oxygen atoms in total. The lowest BCUT2D eigenvalue weighted by Crippen LogP contribution is -2.65. The molecule has 1 saturated heterocycles. The van der Waals surface area contributed by atoms with E-state index in [1.807, 2.05) is 20.8 Å². The van der Waals surface area contributed by atoms with Gasteiger partial charge in [0.05, 0.1) is 6.61 Å². The van der Waals surface area contributed by atoms with Crippen LogP contribution in [0.2, 0.25) is 0 Å². The monoisotopic (exact) mass is 298 g/mol. The number of piperazine rings is 1. The molecule has 0 aliphatic carbocycles. The van der Waals surface area contributed by atoms with Crippen LogP contribution in [0.1, 0.15) is 47.5 Å². The summed E-state index contributed by atoms with van der Waals surface area (Å²) in [5, 5.41) is 2.84. The van der Waals surface area contributed by atoms with Crippen molar-refractivity contribution in [3.8, 4) is 0 Å². The van der Waals surface area contributed by atoms with E-state index < -0.39 is 6.04 Å². The van der Waals surface area contributed by atoms with Crippen molar-refractivity contribution < 1.29 is 14.3 Å². The molecule has 0 aromatic rings. The molecule has 1 N–H and O–H groups in total. The normalized spacial score (nSPS) is 23.1. The fourth-order valence-corrected chi connectivity index (χ4v) is 2.49. The van der Waals surface area contributed by atoms with Gasteiger partial charge in [0, 0.05) is 13.2 Å². The third-order valence-electron chi connectivity index (χ3n) is 3.90. The van der Waals surface area contributed by atoms with Crippen molar-refractivity contribution in [2.45, 2.75) is 59.5 Å². The first-order chi connectivity index (χ1) is 9.88. The summed E-state index contributed by atoms with van der Waals surface area (Å²) in [5.74, 6) is 0.687. The van der Waals surface area contributed by atoms with Gasteiger partial charge in [0.2, 0.25) is 11.8 Å². The Morgan fingerprint density at radius 3 is 2.38 bits per heavy atom. The zero-order valence-corrected chi connectivity index (χ0v) is 14.0. The highest BCUT2D eigenvalue weighted by Gasteiger charge is 2.40. The fraction of sp³-hybridized carbons (Fsp3) is 0.875. The van der Waals surface area contributed by atoms with E-state index in [9.17, 15) is 9.59 Å². The number of hydrogen-bond donors (Lipinski definition) is 1. The van der Waals surface area contributed by atoms with E-state index in [0.29, 0.717) is 32.1 Å². The lowest BCUT2D eigenvalue weighted by atomic mass is 9.97. The van der Waals surface area contributed by atoms with Gasteiger partial charge in [-0.05, 0) is 24.7 Å². The highest BCUT2D eigenvalue weighted by atomic mass is 16.5. The lowest BCUT2D eigenvalue weighted by Gasteiger charge is -2.40. The number of nitrogens with zero attached hydrogens (tertiary/aromatic N) is 1. The van der Waals surface area contributed by atoms with Gasteiger partial charge in [-0.2, -0.15) is 0 Å². The first kappa shape index (κ1) is 18.0. The third-order valence-corrected chi connectivity index (χ3v) is 3.90. The van der Waals surface area contributed by atoms with Crippen molar-refractivity contribution in [3.05, 3.63) is 0 Å². The van der Waals surface area contributed by atoms with E-state index >= 15 is 0 Å². The Hall–Kier alpha value is -1.10. The summed E-state index contributed by atoms with van der Waals surface area (Å²) in [6.07, 6.45) is 1.65. The zero-order chi connectivity index (χ0) is 16.0. The lowest BCUT2D eigenvalue weighted by molar-refractivity contribution is -0.151. The molecule has 1 aliphatic heterocycles. The van der Waals surface area contributed by atoms with Gasteiger partial charge in [0.25, 0.3) is 0 Å². The number of hydrogen-bond acceptors (Lipinski definition) is 3. The van der Waals surface area contributed by atoms with E-state index in [1.165, 1.54) is 0 Å². The van der Waals surface area contributed by atoms with Crippen molar-refractivity contribution in [2.24, 2.45) is 11.8 Å². The Bertz CT molecular complexity index is 355. The molecule has 21 heavy (non-hydrogen) atoms. The smallest absolute Gasteiger partial charge is 0.246 e. The standard InChI is InChI=1S/C16H30N2O3/c1-6-13-15(19)17-14(12(4)5)16(20)18(13)8-10-21-9-7-11(2)3/h11-14H,6-10H2,1-5H3,(H,17,19). The van der Waals surface area contributed by atoms with E-state index in [-0.39, 0.29) is 23.8 Å². The van der Waals surface area contributed by atoms with Crippen LogP contribution >= 0.6 is 0 Å². The van der Waals surface area contributed by atoms with Gasteiger partial charge >= 0.3 is 0 Å². The molecule has 1 heterocycles. The first-order valence-electron chi connectivity index (χ1n) is 8.07. The van der Waals surface area contributed by atoms with E-state index in [4.69, 9.17) is 4.74 Å². The van der Waals surface area contributed by atoms with Crippen LogP contribution < -0.4 is 5.32 Å². The fourth-order valence-electron chi connectivity index (χ4n) is 2.49. The van der Waals surface area contributed by atoms with Gasteiger partial charge in [0.1, 0.15) is 12.1 Å². The van der Waals surface area contributed by atoms with Crippen LogP contribution in [-0.2, 0) is 14.3 Å². The van der Waals surface area contributed by atoms with Crippen LogP contribution in [0.25, 0.3) is 0 Å². The topological polar surface area (TPSA) is 58.6 Å². The molecule has 122 valence electrons. The molecule has 2 unspecified atom stereocenters. The van der Waals surface area contributed by atoms with E-state index in [1.54, 1.807) is 4.90 Å². The first-order valence-corrected chi connectivity index (χ1v) is 8.07. The summed E-state index contributed by atoms with van der Waals surface area (Å²) >= 11 is 0. The van der Waals surface area contributed by atoms with Gasteiger partial charge in [-0.1, -0.05) is 34.6 Å². The van der Waals surface area contributed by atoms with Crippen molar-refractivity contribution >= 4 is 11.8 Å². The molecule has 0 radical (unpaired) electrons. The quantitative estimate of drug-likeness (QED) is 0.695. The van der Waals surface area contributed by atoms with Crippen molar-refractivity contribution in [3.63, 3.8) is 0 Å². The summed E-state index contributed by atoms with van der Waals surface area (Å²) in [4.78, 5) is 26.3. The summed E-state index contributed by atoms with van der Waals surface area (Å²) in [5.41, 5.74) is 0. The second-order valence-electron chi connectivity index (χ2n) is 6.48. The molecule has 5 heteroatoms. The minimum atomic E-state index is -0.407. The van der Waals surface area contributed by atoms with Crippen LogP contribution in [0.5, 0.6) is 0 Å². The Morgan fingerprint density at radius 1 is 1.19 bits per heavy atom. The van der Waals surface area contributed by atoms with E-state index in [2.05, 4.69) is 19.2 Å². The molecule has 0 spiro atoms. The minimum absolute atomic E-state index is 0.0175. The number of carbonyl (C=O) groups excluding carboxylic acids is 2. The van der Waals surface area contributed by atoms with Gasteiger partial charge in [-0.15, -0.1) is 0 Å². The number of amides is 2. The maximum Gasteiger partial charge on any atom is 0.246 e. The predicted molar refractivity (Wildman–Crippen MR) is 82.8 cm³/mol. The summed E-state index contributed by atoms with van der Waals surface area (Å²) in [6.45, 7) is 11.8. The minimum Gasteiger partial charge on any atom is -0.380 e. The molecule has 0 aromatic carbocycles. The average molecular weight is 298 g/mol. The number of ether oxygens (including phenoxy) is 1. The highest BCUT2D eigenvalue weighted by molar-refractivity contribution is 5.97. The molecule has 1 aliphatic rings. The van der Waals surface area contributed by atoms with Crippen molar-refractivity contribution in [2.75, 3.05) is 19.8 Å². The van der Waals surface area contributed by atoms with Crippen molar-refractivity contribution in [1.82, 2.24) is 10.2 Å². The highest BCUT2D eigenvalue weighted by Crippen LogP contribution is 2.17. The van der Waals surface area contributed by atoms with Crippen LogP contribution in [0.4, 0.5) is 0 Å². The molecular formula is C16H30N2O3. The Kier molecular flexibility index (Phi) is 7.15. The summed E-state index contributed by atoms with van der Waals surface area (Å²) in [7, 11) is 0.